The summed E-state index contributed by atoms with van der Waals surface area (Å²) in [4.78, 5) is 15.8. The van der Waals surface area contributed by atoms with Crippen LogP contribution in [0.1, 0.15) is 38.2 Å². The second-order valence-electron chi connectivity index (χ2n) is 4.03. The largest absolute Gasteiger partial charge is 0.298 e. The molecule has 1 rings (SSSR count). The highest BCUT2D eigenvalue weighted by atomic mass is 16.1. The van der Waals surface area contributed by atoms with Gasteiger partial charge in [-0.05, 0) is 17.5 Å². The van der Waals surface area contributed by atoms with Crippen LogP contribution in [0.3, 0.4) is 0 Å². The summed E-state index contributed by atoms with van der Waals surface area (Å²) in [6.07, 6.45) is 4.64. The number of aromatic nitrogens is 1. The quantitative estimate of drug-likeness (QED) is 0.760. The third kappa shape index (κ3) is 3.16. The SMILES string of the molecule is CCC(C)CC(=O)C(C#N)c1cccnc1. The van der Waals surface area contributed by atoms with Crippen LogP contribution in [0.25, 0.3) is 0 Å². The number of hydrogen-bond donors (Lipinski definition) is 0. The third-order valence-corrected chi connectivity index (χ3v) is 2.72. The molecule has 2 atom stereocenters. The number of nitrogens with zero attached hydrogens (tertiary/aromatic N) is 2. The molecule has 0 saturated carbocycles. The molecule has 0 radical (unpaired) electrons. The van der Waals surface area contributed by atoms with Crippen molar-refractivity contribution >= 4 is 5.78 Å². The van der Waals surface area contributed by atoms with Crippen LogP contribution in [-0.4, -0.2) is 10.8 Å². The number of Topliss-reactive ketones (excluding diaryl/α,β-unsaturated/α-hetero) is 1. The monoisotopic (exact) mass is 216 g/mol. The van der Waals surface area contributed by atoms with Crippen LogP contribution in [0.5, 0.6) is 0 Å². The van der Waals surface area contributed by atoms with Crippen LogP contribution in [-0.2, 0) is 4.79 Å². The van der Waals surface area contributed by atoms with Gasteiger partial charge in [-0.2, -0.15) is 5.26 Å². The molecule has 3 heteroatoms. The molecule has 1 aromatic heterocycles. The van der Waals surface area contributed by atoms with Gasteiger partial charge in [0, 0.05) is 18.8 Å². The topological polar surface area (TPSA) is 53.8 Å². The average molecular weight is 216 g/mol. The van der Waals surface area contributed by atoms with Crippen molar-refractivity contribution < 1.29 is 4.79 Å². The van der Waals surface area contributed by atoms with E-state index in [0.717, 1.165) is 6.42 Å². The average Bonchev–Trinajstić information content (AvgIpc) is 2.31. The lowest BCUT2D eigenvalue weighted by molar-refractivity contribution is -0.120. The van der Waals surface area contributed by atoms with E-state index in [-0.39, 0.29) is 5.78 Å². The number of hydrogen-bond acceptors (Lipinski definition) is 3. The first-order chi connectivity index (χ1) is 7.69. The van der Waals surface area contributed by atoms with Crippen LogP contribution in [0.2, 0.25) is 0 Å². The molecule has 1 aromatic rings. The molecule has 1 heterocycles. The number of carbonyl (C=O) groups is 1. The summed E-state index contributed by atoms with van der Waals surface area (Å²) in [5, 5.41) is 9.04. The second-order valence-corrected chi connectivity index (χ2v) is 4.03. The van der Waals surface area contributed by atoms with E-state index in [0.29, 0.717) is 17.9 Å². The van der Waals surface area contributed by atoms with Crippen LogP contribution < -0.4 is 0 Å². The summed E-state index contributed by atoms with van der Waals surface area (Å²) < 4.78 is 0. The lowest BCUT2D eigenvalue weighted by Crippen LogP contribution is -2.14. The van der Waals surface area contributed by atoms with E-state index in [1.807, 2.05) is 13.8 Å². The van der Waals surface area contributed by atoms with Crippen LogP contribution >= 0.6 is 0 Å². The number of carbonyl (C=O) groups excluding carboxylic acids is 1. The standard InChI is InChI=1S/C13H16N2O/c1-3-10(2)7-13(16)12(8-14)11-5-4-6-15-9-11/h4-6,9-10,12H,3,7H2,1-2H3. The molecule has 0 bridgehead atoms. The normalized spacial score (nSPS) is 13.8. The Hall–Kier alpha value is -1.69. The van der Waals surface area contributed by atoms with E-state index < -0.39 is 5.92 Å². The molecule has 3 nitrogen and oxygen atoms in total. The van der Waals surface area contributed by atoms with Crippen molar-refractivity contribution in [2.45, 2.75) is 32.6 Å². The molecule has 0 N–H and O–H groups in total. The summed E-state index contributed by atoms with van der Waals surface area (Å²) >= 11 is 0. The summed E-state index contributed by atoms with van der Waals surface area (Å²) in [5.41, 5.74) is 0.693. The molecule has 0 aliphatic carbocycles. The van der Waals surface area contributed by atoms with E-state index in [1.165, 1.54) is 0 Å². The van der Waals surface area contributed by atoms with Gasteiger partial charge in [0.15, 0.2) is 5.78 Å². The smallest absolute Gasteiger partial charge is 0.154 e. The Morgan fingerprint density at radius 2 is 2.38 bits per heavy atom. The van der Waals surface area contributed by atoms with Crippen LogP contribution in [0.4, 0.5) is 0 Å². The minimum absolute atomic E-state index is 0.00940. The molecule has 0 aromatic carbocycles. The van der Waals surface area contributed by atoms with E-state index in [1.54, 1.807) is 24.5 Å². The van der Waals surface area contributed by atoms with E-state index in [2.05, 4.69) is 11.1 Å². The maximum atomic E-state index is 11.9. The van der Waals surface area contributed by atoms with Gasteiger partial charge in [-0.25, -0.2) is 0 Å². The Labute approximate surface area is 96.1 Å². The number of rotatable bonds is 5. The minimum Gasteiger partial charge on any atom is -0.298 e. The van der Waals surface area contributed by atoms with Crippen molar-refractivity contribution in [2.75, 3.05) is 0 Å². The third-order valence-electron chi connectivity index (χ3n) is 2.72. The van der Waals surface area contributed by atoms with Crippen LogP contribution in [0.15, 0.2) is 24.5 Å². The van der Waals surface area contributed by atoms with Gasteiger partial charge in [0.2, 0.25) is 0 Å². The first-order valence-electron chi connectivity index (χ1n) is 5.51. The zero-order valence-corrected chi connectivity index (χ0v) is 9.68. The van der Waals surface area contributed by atoms with Gasteiger partial charge < -0.3 is 0 Å². The number of nitriles is 1. The van der Waals surface area contributed by atoms with Crippen molar-refractivity contribution in [3.63, 3.8) is 0 Å². The summed E-state index contributed by atoms with van der Waals surface area (Å²) in [7, 11) is 0. The Balaban J connectivity index is 2.77. The van der Waals surface area contributed by atoms with Crippen LogP contribution in [0, 0.1) is 17.2 Å². The van der Waals surface area contributed by atoms with Gasteiger partial charge >= 0.3 is 0 Å². The van der Waals surface area contributed by atoms with Crippen molar-refractivity contribution in [1.82, 2.24) is 4.98 Å². The number of pyridine rings is 1. The maximum Gasteiger partial charge on any atom is 0.154 e. The Bertz CT molecular complexity index is 381. The molecule has 0 saturated heterocycles. The van der Waals surface area contributed by atoms with Crippen molar-refractivity contribution in [1.29, 1.82) is 5.26 Å². The second kappa shape index (κ2) is 6.02. The van der Waals surface area contributed by atoms with Gasteiger partial charge in [-0.3, -0.25) is 9.78 Å². The highest BCUT2D eigenvalue weighted by molar-refractivity contribution is 5.88. The molecule has 84 valence electrons. The Morgan fingerprint density at radius 3 is 2.88 bits per heavy atom. The van der Waals surface area contributed by atoms with Crippen molar-refractivity contribution in [2.24, 2.45) is 5.92 Å². The van der Waals surface area contributed by atoms with Crippen molar-refractivity contribution in [3.05, 3.63) is 30.1 Å². The molecule has 0 aliphatic heterocycles. The summed E-state index contributed by atoms with van der Waals surface area (Å²) in [6.45, 7) is 4.07. The van der Waals surface area contributed by atoms with Gasteiger partial charge in [-0.15, -0.1) is 0 Å². The van der Waals surface area contributed by atoms with Gasteiger partial charge in [0.05, 0.1) is 6.07 Å². The van der Waals surface area contributed by atoms with E-state index in [4.69, 9.17) is 5.26 Å². The fourth-order valence-electron chi connectivity index (χ4n) is 1.48. The molecular formula is C13H16N2O. The lowest BCUT2D eigenvalue weighted by Gasteiger charge is -2.11. The van der Waals surface area contributed by atoms with Crippen molar-refractivity contribution in [3.8, 4) is 6.07 Å². The maximum absolute atomic E-state index is 11.9. The van der Waals surface area contributed by atoms with Gasteiger partial charge in [0.1, 0.15) is 5.92 Å². The molecule has 0 spiro atoms. The molecule has 16 heavy (non-hydrogen) atoms. The molecule has 0 amide bonds. The van der Waals surface area contributed by atoms with E-state index >= 15 is 0 Å². The zero-order valence-electron chi connectivity index (χ0n) is 9.68. The van der Waals surface area contributed by atoms with E-state index in [9.17, 15) is 4.79 Å². The minimum atomic E-state index is -0.664. The molecule has 2 unspecified atom stereocenters. The molecule has 0 aliphatic rings. The van der Waals surface area contributed by atoms with Gasteiger partial charge in [-0.1, -0.05) is 26.3 Å². The Morgan fingerprint density at radius 1 is 1.62 bits per heavy atom. The first-order valence-corrected chi connectivity index (χ1v) is 5.51. The summed E-state index contributed by atoms with van der Waals surface area (Å²) in [6, 6.07) is 5.58. The number of ketones is 1. The zero-order chi connectivity index (χ0) is 12.0. The highest BCUT2D eigenvalue weighted by Crippen LogP contribution is 2.19. The molecular weight excluding hydrogens is 200 g/mol. The summed E-state index contributed by atoms with van der Waals surface area (Å²) in [5.74, 6) is -0.340. The Kier molecular flexibility index (Phi) is 4.65. The lowest BCUT2D eigenvalue weighted by atomic mass is 9.91. The molecule has 0 fully saturated rings. The predicted molar refractivity (Wildman–Crippen MR) is 61.7 cm³/mol. The fourth-order valence-corrected chi connectivity index (χ4v) is 1.48. The predicted octanol–water partition coefficient (Wildman–Crippen LogP) is 2.69. The highest BCUT2D eigenvalue weighted by Gasteiger charge is 2.21. The first kappa shape index (κ1) is 12.4. The van der Waals surface area contributed by atoms with Gasteiger partial charge in [0.25, 0.3) is 0 Å². The fraction of sp³-hybridized carbons (Fsp3) is 0.462.